The summed E-state index contributed by atoms with van der Waals surface area (Å²) in [6, 6.07) is 14.9. The van der Waals surface area contributed by atoms with Crippen molar-refractivity contribution in [2.75, 3.05) is 11.4 Å². The van der Waals surface area contributed by atoms with E-state index in [0.29, 0.717) is 12.2 Å². The van der Waals surface area contributed by atoms with Crippen molar-refractivity contribution in [3.05, 3.63) is 64.2 Å². The van der Waals surface area contributed by atoms with Crippen molar-refractivity contribution in [2.45, 2.75) is 6.54 Å². The van der Waals surface area contributed by atoms with Crippen molar-refractivity contribution < 1.29 is 4.92 Å². The number of aliphatic imine (C=N–C) groups is 1. The number of hydrogen-bond donors (Lipinski definition) is 0. The van der Waals surface area contributed by atoms with E-state index in [1.165, 1.54) is 17.7 Å². The van der Waals surface area contributed by atoms with Crippen LogP contribution in [0.5, 0.6) is 0 Å². The summed E-state index contributed by atoms with van der Waals surface area (Å²) in [4.78, 5) is 16.8. The third-order valence-electron chi connectivity index (χ3n) is 3.26. The van der Waals surface area contributed by atoms with Crippen LogP contribution in [0.1, 0.15) is 5.56 Å². The predicted octanol–water partition coefficient (Wildman–Crippen LogP) is 3.32. The zero-order valence-electron chi connectivity index (χ0n) is 10.8. The quantitative estimate of drug-likeness (QED) is 0.633. The fraction of sp³-hybridized carbons (Fsp3) is 0.133. The lowest BCUT2D eigenvalue weighted by molar-refractivity contribution is -0.384. The summed E-state index contributed by atoms with van der Waals surface area (Å²) in [6.45, 7) is 1.47. The van der Waals surface area contributed by atoms with Crippen LogP contribution in [0.25, 0.3) is 0 Å². The number of fused-ring (bicyclic) bond motifs is 1. The van der Waals surface area contributed by atoms with Crippen molar-refractivity contribution in [3.8, 4) is 0 Å². The molecule has 0 bridgehead atoms. The van der Waals surface area contributed by atoms with Gasteiger partial charge in [-0.15, -0.1) is 0 Å². The van der Waals surface area contributed by atoms with Gasteiger partial charge in [0.1, 0.15) is 0 Å². The van der Waals surface area contributed by atoms with Crippen molar-refractivity contribution >= 4 is 23.3 Å². The zero-order chi connectivity index (χ0) is 13.9. The first-order valence-electron chi connectivity index (χ1n) is 6.34. The molecule has 1 aliphatic rings. The second-order valence-corrected chi connectivity index (χ2v) is 4.61. The van der Waals surface area contributed by atoms with E-state index in [0.717, 1.165) is 12.2 Å². The van der Waals surface area contributed by atoms with Gasteiger partial charge < -0.3 is 4.90 Å². The Hall–Kier alpha value is -2.69. The molecule has 2 aromatic rings. The molecule has 0 aromatic heterocycles. The molecule has 1 heterocycles. The molecule has 0 spiro atoms. The standard InChI is InChI=1S/C15H13N3O2/c19-18(20)13-6-7-15-14(10-13)16-8-9-17(15)11-12-4-2-1-3-5-12/h1-8,10H,9,11H2. The molecule has 0 fully saturated rings. The average molecular weight is 267 g/mol. The van der Waals surface area contributed by atoms with Gasteiger partial charge in [0, 0.05) is 24.9 Å². The van der Waals surface area contributed by atoms with E-state index in [-0.39, 0.29) is 5.69 Å². The van der Waals surface area contributed by atoms with Gasteiger partial charge in [0.05, 0.1) is 22.8 Å². The van der Waals surface area contributed by atoms with Gasteiger partial charge in [-0.25, -0.2) is 0 Å². The molecule has 3 rings (SSSR count). The lowest BCUT2D eigenvalue weighted by atomic mass is 10.1. The Kier molecular flexibility index (Phi) is 3.16. The third kappa shape index (κ3) is 2.38. The Morgan fingerprint density at radius 1 is 1.20 bits per heavy atom. The molecule has 100 valence electrons. The number of hydrogen-bond acceptors (Lipinski definition) is 4. The predicted molar refractivity (Wildman–Crippen MR) is 78.7 cm³/mol. The van der Waals surface area contributed by atoms with E-state index in [9.17, 15) is 10.1 Å². The Bertz CT molecular complexity index is 668. The third-order valence-corrected chi connectivity index (χ3v) is 3.26. The van der Waals surface area contributed by atoms with Crippen molar-refractivity contribution in [3.63, 3.8) is 0 Å². The molecule has 5 nitrogen and oxygen atoms in total. The number of rotatable bonds is 3. The highest BCUT2D eigenvalue weighted by atomic mass is 16.6. The highest BCUT2D eigenvalue weighted by molar-refractivity contribution is 5.82. The Morgan fingerprint density at radius 2 is 2.00 bits per heavy atom. The Balaban J connectivity index is 1.91. The number of nitrogens with zero attached hydrogens (tertiary/aromatic N) is 3. The summed E-state index contributed by atoms with van der Waals surface area (Å²) >= 11 is 0. The number of anilines is 1. The minimum absolute atomic E-state index is 0.0717. The van der Waals surface area contributed by atoms with Gasteiger partial charge in [-0.2, -0.15) is 0 Å². The molecule has 0 saturated heterocycles. The highest BCUT2D eigenvalue weighted by Crippen LogP contribution is 2.34. The largest absolute Gasteiger partial charge is 0.360 e. The van der Waals surface area contributed by atoms with E-state index in [1.807, 2.05) is 18.2 Å². The molecule has 0 saturated carbocycles. The molecular formula is C15H13N3O2. The normalized spacial score (nSPS) is 13.1. The molecule has 20 heavy (non-hydrogen) atoms. The minimum Gasteiger partial charge on any atom is -0.360 e. The molecule has 0 unspecified atom stereocenters. The lowest BCUT2D eigenvalue weighted by Crippen LogP contribution is -2.26. The van der Waals surface area contributed by atoms with Crippen LogP contribution in [0.15, 0.2) is 53.5 Å². The first kappa shape index (κ1) is 12.3. The summed E-state index contributed by atoms with van der Waals surface area (Å²) in [6.07, 6.45) is 1.79. The van der Waals surface area contributed by atoms with Crippen LogP contribution < -0.4 is 4.90 Å². The molecule has 0 amide bonds. The van der Waals surface area contributed by atoms with Crippen LogP contribution in [0, 0.1) is 10.1 Å². The van der Waals surface area contributed by atoms with Crippen LogP contribution in [-0.4, -0.2) is 17.7 Å². The van der Waals surface area contributed by atoms with Crippen LogP contribution in [0.2, 0.25) is 0 Å². The molecule has 0 radical (unpaired) electrons. The molecule has 0 atom stereocenters. The minimum atomic E-state index is -0.397. The summed E-state index contributed by atoms with van der Waals surface area (Å²) < 4.78 is 0. The second-order valence-electron chi connectivity index (χ2n) is 4.61. The summed E-state index contributed by atoms with van der Waals surface area (Å²) in [5.41, 5.74) is 2.86. The van der Waals surface area contributed by atoms with Crippen LogP contribution >= 0.6 is 0 Å². The van der Waals surface area contributed by atoms with Crippen molar-refractivity contribution in [1.29, 1.82) is 0 Å². The Morgan fingerprint density at radius 3 is 2.75 bits per heavy atom. The molecule has 0 aliphatic carbocycles. The van der Waals surface area contributed by atoms with Gasteiger partial charge in [-0.05, 0) is 11.6 Å². The average Bonchev–Trinajstić information content (AvgIpc) is 2.48. The fourth-order valence-electron chi connectivity index (χ4n) is 2.29. The molecule has 5 heteroatoms. The summed E-state index contributed by atoms with van der Waals surface area (Å²) in [5.74, 6) is 0. The van der Waals surface area contributed by atoms with Crippen LogP contribution in [-0.2, 0) is 6.54 Å². The molecular weight excluding hydrogens is 254 g/mol. The van der Waals surface area contributed by atoms with E-state index < -0.39 is 4.92 Å². The van der Waals surface area contributed by atoms with Crippen LogP contribution in [0.4, 0.5) is 17.1 Å². The zero-order valence-corrected chi connectivity index (χ0v) is 10.8. The van der Waals surface area contributed by atoms with Gasteiger partial charge in [-0.1, -0.05) is 30.3 Å². The first-order valence-corrected chi connectivity index (χ1v) is 6.34. The maximum atomic E-state index is 10.8. The maximum Gasteiger partial charge on any atom is 0.271 e. The van der Waals surface area contributed by atoms with Gasteiger partial charge in [-0.3, -0.25) is 15.1 Å². The van der Waals surface area contributed by atoms with Crippen molar-refractivity contribution in [2.24, 2.45) is 4.99 Å². The molecule has 1 aliphatic heterocycles. The van der Waals surface area contributed by atoms with E-state index in [1.54, 1.807) is 12.3 Å². The SMILES string of the molecule is O=[N+]([O-])c1ccc2c(c1)N=CCN2Cc1ccccc1. The first-order chi connectivity index (χ1) is 9.74. The van der Waals surface area contributed by atoms with Gasteiger partial charge in [0.15, 0.2) is 0 Å². The smallest absolute Gasteiger partial charge is 0.271 e. The maximum absolute atomic E-state index is 10.8. The van der Waals surface area contributed by atoms with Crippen molar-refractivity contribution in [1.82, 2.24) is 0 Å². The van der Waals surface area contributed by atoms with Gasteiger partial charge in [0.25, 0.3) is 5.69 Å². The lowest BCUT2D eigenvalue weighted by Gasteiger charge is -2.27. The number of nitro groups is 1. The van der Waals surface area contributed by atoms with Gasteiger partial charge >= 0.3 is 0 Å². The van der Waals surface area contributed by atoms with Crippen LogP contribution in [0.3, 0.4) is 0 Å². The van der Waals surface area contributed by atoms with E-state index >= 15 is 0 Å². The molecule has 0 N–H and O–H groups in total. The monoisotopic (exact) mass is 267 g/mol. The fourth-order valence-corrected chi connectivity index (χ4v) is 2.29. The summed E-state index contributed by atoms with van der Waals surface area (Å²) in [7, 11) is 0. The topological polar surface area (TPSA) is 58.7 Å². The number of nitro benzene ring substituents is 1. The summed E-state index contributed by atoms with van der Waals surface area (Å²) in [5, 5.41) is 10.8. The second kappa shape index (κ2) is 5.13. The highest BCUT2D eigenvalue weighted by Gasteiger charge is 2.17. The van der Waals surface area contributed by atoms with E-state index in [4.69, 9.17) is 0 Å². The molecule has 2 aromatic carbocycles. The number of benzene rings is 2. The van der Waals surface area contributed by atoms with E-state index in [2.05, 4.69) is 22.0 Å². The number of non-ortho nitro benzene ring substituents is 1. The van der Waals surface area contributed by atoms with Gasteiger partial charge in [0.2, 0.25) is 0 Å². The Labute approximate surface area is 116 Å².